The monoisotopic (exact) mass is 326 g/mol. The number of aryl methyl sites for hydroxylation is 1. The van der Waals surface area contributed by atoms with Crippen LogP contribution >= 0.6 is 15.9 Å². The maximum absolute atomic E-state index is 12.7. The van der Waals surface area contributed by atoms with E-state index < -0.39 is 0 Å². The lowest BCUT2D eigenvalue weighted by atomic mass is 10.1. The second-order valence-electron chi connectivity index (χ2n) is 5.30. The van der Waals surface area contributed by atoms with Crippen molar-refractivity contribution in [3.63, 3.8) is 0 Å². The van der Waals surface area contributed by atoms with E-state index >= 15 is 0 Å². The van der Waals surface area contributed by atoms with Crippen molar-refractivity contribution in [3.8, 4) is 0 Å². The molecule has 1 saturated heterocycles. The molecule has 0 radical (unpaired) electrons. The molecule has 1 aliphatic heterocycles. The highest BCUT2D eigenvalue weighted by atomic mass is 79.9. The molecule has 1 aromatic rings. The van der Waals surface area contributed by atoms with E-state index in [1.165, 1.54) is 19.3 Å². The number of likely N-dealkylation sites (tertiary alicyclic amines) is 1. The molecule has 0 atom stereocenters. The van der Waals surface area contributed by atoms with Gasteiger partial charge in [0.2, 0.25) is 0 Å². The number of carbonyl (C=O) groups excluding carboxylic acids is 1. The van der Waals surface area contributed by atoms with E-state index in [0.29, 0.717) is 0 Å². The third-order valence-electron chi connectivity index (χ3n) is 3.69. The number of hydrogen-bond donors (Lipinski definition) is 0. The van der Waals surface area contributed by atoms with E-state index in [1.807, 2.05) is 17.2 Å². The molecule has 19 heavy (non-hydrogen) atoms. The first kappa shape index (κ1) is 14.6. The van der Waals surface area contributed by atoms with Gasteiger partial charge in [0.15, 0.2) is 0 Å². The van der Waals surface area contributed by atoms with Crippen LogP contribution in [0.25, 0.3) is 0 Å². The summed E-state index contributed by atoms with van der Waals surface area (Å²) in [5.41, 5.74) is 0.828. The lowest BCUT2D eigenvalue weighted by Crippen LogP contribution is -2.35. The quantitative estimate of drug-likeness (QED) is 0.822. The van der Waals surface area contributed by atoms with E-state index in [2.05, 4.69) is 27.4 Å². The smallest absolute Gasteiger partial charge is 0.270 e. The van der Waals surface area contributed by atoms with Crippen molar-refractivity contribution in [3.05, 3.63) is 22.4 Å². The summed E-state index contributed by atoms with van der Waals surface area (Å²) < 4.78 is 3.07. The van der Waals surface area contributed by atoms with Crippen LogP contribution in [0.1, 0.15) is 55.9 Å². The minimum Gasteiger partial charge on any atom is -0.342 e. The van der Waals surface area contributed by atoms with E-state index in [9.17, 15) is 4.79 Å². The Kier molecular flexibility index (Phi) is 5.49. The Hall–Kier alpha value is -0.770. The van der Waals surface area contributed by atoms with Crippen LogP contribution in [0.2, 0.25) is 0 Å². The molecule has 2 heterocycles. The summed E-state index contributed by atoms with van der Waals surface area (Å²) in [6.45, 7) is 4.86. The van der Waals surface area contributed by atoms with Crippen molar-refractivity contribution in [2.75, 3.05) is 13.1 Å². The highest BCUT2D eigenvalue weighted by Crippen LogP contribution is 2.19. The molecule has 4 heteroatoms. The van der Waals surface area contributed by atoms with Crippen LogP contribution in [0.3, 0.4) is 0 Å². The Labute approximate surface area is 124 Å². The van der Waals surface area contributed by atoms with Gasteiger partial charge in [-0.2, -0.15) is 0 Å². The first-order chi connectivity index (χ1) is 9.22. The van der Waals surface area contributed by atoms with E-state index in [4.69, 9.17) is 0 Å². The Bertz CT molecular complexity index is 420. The number of aromatic nitrogens is 1. The van der Waals surface area contributed by atoms with Crippen LogP contribution < -0.4 is 0 Å². The van der Waals surface area contributed by atoms with Gasteiger partial charge in [0, 0.05) is 30.3 Å². The highest BCUT2D eigenvalue weighted by Gasteiger charge is 2.20. The van der Waals surface area contributed by atoms with Crippen LogP contribution in [0.15, 0.2) is 16.7 Å². The molecule has 0 spiro atoms. The SMILES string of the molecule is CCCn1cc(Br)cc1C(=O)N1CCCCCCC1. The van der Waals surface area contributed by atoms with Crippen molar-refractivity contribution in [2.45, 2.75) is 52.0 Å². The van der Waals surface area contributed by atoms with Gasteiger partial charge in [0.1, 0.15) is 5.69 Å². The van der Waals surface area contributed by atoms with Crippen LogP contribution in [0.4, 0.5) is 0 Å². The Morgan fingerprint density at radius 2 is 1.84 bits per heavy atom. The predicted octanol–water partition coefficient (Wildman–Crippen LogP) is 4.07. The van der Waals surface area contributed by atoms with Crippen LogP contribution in [-0.2, 0) is 6.54 Å². The fourth-order valence-corrected chi connectivity index (χ4v) is 3.16. The summed E-state index contributed by atoms with van der Waals surface area (Å²) in [5.74, 6) is 0.195. The molecular weight excluding hydrogens is 304 g/mol. The summed E-state index contributed by atoms with van der Waals surface area (Å²) in [4.78, 5) is 14.7. The van der Waals surface area contributed by atoms with E-state index in [0.717, 1.165) is 49.1 Å². The van der Waals surface area contributed by atoms with E-state index in [1.54, 1.807) is 0 Å². The highest BCUT2D eigenvalue weighted by molar-refractivity contribution is 9.10. The molecule has 0 saturated carbocycles. The summed E-state index contributed by atoms with van der Waals surface area (Å²) in [7, 11) is 0. The largest absolute Gasteiger partial charge is 0.342 e. The summed E-state index contributed by atoms with van der Waals surface area (Å²) >= 11 is 3.48. The molecule has 1 fully saturated rings. The van der Waals surface area contributed by atoms with Crippen molar-refractivity contribution < 1.29 is 4.79 Å². The first-order valence-electron chi connectivity index (χ1n) is 7.37. The maximum Gasteiger partial charge on any atom is 0.270 e. The fourth-order valence-electron chi connectivity index (χ4n) is 2.69. The first-order valence-corrected chi connectivity index (χ1v) is 8.16. The number of halogens is 1. The van der Waals surface area contributed by atoms with Gasteiger partial charge in [-0.15, -0.1) is 0 Å². The molecule has 1 aromatic heterocycles. The molecule has 0 bridgehead atoms. The number of hydrogen-bond acceptors (Lipinski definition) is 1. The summed E-state index contributed by atoms with van der Waals surface area (Å²) in [6, 6.07) is 1.96. The molecule has 0 N–H and O–H groups in total. The van der Waals surface area contributed by atoms with Crippen molar-refractivity contribution in [1.29, 1.82) is 0 Å². The second-order valence-corrected chi connectivity index (χ2v) is 6.21. The maximum atomic E-state index is 12.7. The zero-order chi connectivity index (χ0) is 13.7. The molecule has 106 valence electrons. The standard InChI is InChI=1S/C15H23BrN2O/c1-2-8-18-12-13(16)11-14(18)15(19)17-9-6-4-3-5-7-10-17/h11-12H,2-10H2,1H3. The normalized spacial score (nSPS) is 17.1. The third-order valence-corrected chi connectivity index (χ3v) is 4.12. The lowest BCUT2D eigenvalue weighted by molar-refractivity contribution is 0.0731. The lowest BCUT2D eigenvalue weighted by Gasteiger charge is -2.25. The Morgan fingerprint density at radius 3 is 2.47 bits per heavy atom. The van der Waals surface area contributed by atoms with Crippen LogP contribution in [0.5, 0.6) is 0 Å². The molecular formula is C15H23BrN2O. The predicted molar refractivity (Wildman–Crippen MR) is 81.4 cm³/mol. The van der Waals surface area contributed by atoms with Crippen molar-refractivity contribution in [1.82, 2.24) is 9.47 Å². The van der Waals surface area contributed by atoms with Crippen molar-refractivity contribution in [2.24, 2.45) is 0 Å². The van der Waals surface area contributed by atoms with Gasteiger partial charge in [0.25, 0.3) is 5.91 Å². The topological polar surface area (TPSA) is 25.2 Å². The average molecular weight is 327 g/mol. The van der Waals surface area contributed by atoms with Gasteiger partial charge in [-0.1, -0.05) is 26.2 Å². The number of rotatable bonds is 3. The van der Waals surface area contributed by atoms with Gasteiger partial charge < -0.3 is 9.47 Å². The van der Waals surface area contributed by atoms with Gasteiger partial charge in [-0.05, 0) is 41.3 Å². The molecule has 1 amide bonds. The van der Waals surface area contributed by atoms with Crippen molar-refractivity contribution >= 4 is 21.8 Å². The Balaban J connectivity index is 2.12. The molecule has 2 rings (SSSR count). The molecule has 3 nitrogen and oxygen atoms in total. The van der Waals surface area contributed by atoms with Gasteiger partial charge in [-0.3, -0.25) is 4.79 Å². The van der Waals surface area contributed by atoms with Gasteiger partial charge in [0.05, 0.1) is 0 Å². The molecule has 0 aliphatic carbocycles. The van der Waals surface area contributed by atoms with Crippen LogP contribution in [0, 0.1) is 0 Å². The zero-order valence-electron chi connectivity index (χ0n) is 11.7. The average Bonchev–Trinajstić information content (AvgIpc) is 2.70. The molecule has 0 aromatic carbocycles. The van der Waals surface area contributed by atoms with Gasteiger partial charge in [-0.25, -0.2) is 0 Å². The number of nitrogens with zero attached hydrogens (tertiary/aromatic N) is 2. The minimum absolute atomic E-state index is 0.195. The zero-order valence-corrected chi connectivity index (χ0v) is 13.3. The Morgan fingerprint density at radius 1 is 1.21 bits per heavy atom. The summed E-state index contributed by atoms with van der Waals surface area (Å²) in [6.07, 6.45) is 9.16. The second kappa shape index (κ2) is 7.13. The van der Waals surface area contributed by atoms with Gasteiger partial charge >= 0.3 is 0 Å². The fraction of sp³-hybridized carbons (Fsp3) is 0.667. The molecule has 0 unspecified atom stereocenters. The number of carbonyl (C=O) groups is 1. The third kappa shape index (κ3) is 3.85. The van der Waals surface area contributed by atoms with Crippen LogP contribution in [-0.4, -0.2) is 28.5 Å². The number of amides is 1. The summed E-state index contributed by atoms with van der Waals surface area (Å²) in [5, 5.41) is 0. The minimum atomic E-state index is 0.195. The van der Waals surface area contributed by atoms with E-state index in [-0.39, 0.29) is 5.91 Å². The molecule has 1 aliphatic rings.